The van der Waals surface area contributed by atoms with Crippen LogP contribution >= 0.6 is 0 Å². The Morgan fingerprint density at radius 1 is 1.17 bits per heavy atom. The number of hydrogen-bond donors (Lipinski definition) is 2. The fourth-order valence-electron chi connectivity index (χ4n) is 4.04. The molecule has 2 heterocycles. The molecule has 4 rings (SSSR count). The minimum absolute atomic E-state index is 0.0823. The minimum Gasteiger partial charge on any atom is -0.493 e. The first-order valence-electron chi connectivity index (χ1n) is 9.38. The number of ether oxygens (including phenoxy) is 2. The van der Waals surface area contributed by atoms with Crippen LogP contribution in [0.3, 0.4) is 0 Å². The van der Waals surface area contributed by atoms with E-state index in [1.807, 2.05) is 42.6 Å². The van der Waals surface area contributed by atoms with E-state index in [0.29, 0.717) is 17.2 Å². The quantitative estimate of drug-likeness (QED) is 0.696. The zero-order valence-electron chi connectivity index (χ0n) is 16.6. The van der Waals surface area contributed by atoms with Gasteiger partial charge in [-0.25, -0.2) is 0 Å². The maximum Gasteiger partial charge on any atom is 0.230 e. The first-order chi connectivity index (χ1) is 14.0. The van der Waals surface area contributed by atoms with Gasteiger partial charge < -0.3 is 24.7 Å². The highest BCUT2D eigenvalue weighted by atomic mass is 16.5. The molecule has 2 atom stereocenters. The second kappa shape index (κ2) is 7.50. The fourth-order valence-corrected chi connectivity index (χ4v) is 4.04. The van der Waals surface area contributed by atoms with Crippen molar-refractivity contribution in [3.8, 4) is 11.5 Å². The summed E-state index contributed by atoms with van der Waals surface area (Å²) in [6, 6.07) is 12.7. The van der Waals surface area contributed by atoms with Crippen LogP contribution in [0.5, 0.6) is 11.5 Å². The Labute approximate surface area is 168 Å². The van der Waals surface area contributed by atoms with Crippen LogP contribution in [0.25, 0.3) is 10.9 Å². The highest BCUT2D eigenvalue weighted by Gasteiger charge is 2.44. The number of amides is 2. The van der Waals surface area contributed by atoms with Gasteiger partial charge in [0, 0.05) is 41.8 Å². The minimum atomic E-state index is -0.546. The highest BCUT2D eigenvalue weighted by Crippen LogP contribution is 2.44. The van der Waals surface area contributed by atoms with Crippen LogP contribution in [-0.4, -0.2) is 43.0 Å². The molecule has 0 aliphatic carbocycles. The first kappa shape index (κ1) is 18.9. The number of H-pyrrole nitrogens is 1. The van der Waals surface area contributed by atoms with Gasteiger partial charge in [0.05, 0.1) is 26.2 Å². The Hall–Kier alpha value is -3.48. The van der Waals surface area contributed by atoms with Gasteiger partial charge in [-0.15, -0.1) is 0 Å². The van der Waals surface area contributed by atoms with E-state index in [4.69, 9.17) is 9.47 Å². The molecule has 3 aromatic rings. The summed E-state index contributed by atoms with van der Waals surface area (Å²) in [7, 11) is 4.83. The lowest BCUT2D eigenvalue weighted by Gasteiger charge is -2.27. The van der Waals surface area contributed by atoms with E-state index in [0.717, 1.165) is 16.5 Å². The molecule has 0 radical (unpaired) electrons. The molecule has 0 saturated carbocycles. The molecule has 0 bridgehead atoms. The molecular formula is C22H23N3O4. The Balaban J connectivity index is 1.66. The third kappa shape index (κ3) is 3.29. The second-order valence-electron chi connectivity index (χ2n) is 7.11. The number of rotatable bonds is 5. The fraction of sp³-hybridized carbons (Fsp3) is 0.273. The predicted molar refractivity (Wildman–Crippen MR) is 110 cm³/mol. The number of para-hydroxylation sites is 1. The van der Waals surface area contributed by atoms with Gasteiger partial charge in [0.15, 0.2) is 11.5 Å². The molecule has 2 unspecified atom stereocenters. The Morgan fingerprint density at radius 2 is 2.00 bits per heavy atom. The number of nitrogens with one attached hydrogen (secondary N) is 2. The van der Waals surface area contributed by atoms with Crippen molar-refractivity contribution in [2.24, 2.45) is 5.92 Å². The van der Waals surface area contributed by atoms with E-state index in [1.165, 1.54) is 0 Å². The first-order valence-corrected chi connectivity index (χ1v) is 9.38. The molecule has 0 spiro atoms. The smallest absolute Gasteiger partial charge is 0.230 e. The van der Waals surface area contributed by atoms with Gasteiger partial charge in [0.25, 0.3) is 0 Å². The number of carbonyl (C=O) groups is 2. The van der Waals surface area contributed by atoms with Crippen LogP contribution in [0.2, 0.25) is 0 Å². The number of carbonyl (C=O) groups excluding carboxylic acids is 2. The van der Waals surface area contributed by atoms with Crippen LogP contribution in [0, 0.1) is 5.92 Å². The Morgan fingerprint density at radius 3 is 2.76 bits per heavy atom. The van der Waals surface area contributed by atoms with Crippen molar-refractivity contribution >= 4 is 28.4 Å². The molecule has 1 aliphatic rings. The normalized spacial score (nSPS) is 18.9. The average molecular weight is 393 g/mol. The van der Waals surface area contributed by atoms with Crippen LogP contribution in [0.1, 0.15) is 18.0 Å². The topological polar surface area (TPSA) is 83.7 Å². The number of nitrogens with zero attached hydrogens (tertiary/aromatic N) is 1. The third-order valence-electron chi connectivity index (χ3n) is 5.50. The summed E-state index contributed by atoms with van der Waals surface area (Å²) in [6.45, 7) is 0. The summed E-state index contributed by atoms with van der Waals surface area (Å²) in [4.78, 5) is 30.4. The molecule has 1 saturated heterocycles. The number of likely N-dealkylation sites (tertiary alicyclic amines) is 1. The van der Waals surface area contributed by atoms with Crippen molar-refractivity contribution in [1.29, 1.82) is 0 Å². The van der Waals surface area contributed by atoms with Crippen LogP contribution < -0.4 is 14.8 Å². The Kier molecular flexibility index (Phi) is 4.88. The molecule has 1 aliphatic heterocycles. The van der Waals surface area contributed by atoms with Crippen molar-refractivity contribution in [3.05, 3.63) is 54.2 Å². The number of methoxy groups -OCH3 is 2. The molecule has 150 valence electrons. The van der Waals surface area contributed by atoms with Gasteiger partial charge in [-0.3, -0.25) is 9.59 Å². The van der Waals surface area contributed by atoms with Crippen LogP contribution in [-0.2, 0) is 9.59 Å². The maximum atomic E-state index is 13.1. The molecule has 2 amide bonds. The summed E-state index contributed by atoms with van der Waals surface area (Å²) in [6.07, 6.45) is 1.99. The zero-order chi connectivity index (χ0) is 20.5. The average Bonchev–Trinajstić information content (AvgIpc) is 3.31. The summed E-state index contributed by atoms with van der Waals surface area (Å²) in [5.41, 5.74) is 2.44. The molecule has 7 nitrogen and oxygen atoms in total. The Bertz CT molecular complexity index is 1070. The number of hydrogen-bond acceptors (Lipinski definition) is 4. The summed E-state index contributed by atoms with van der Waals surface area (Å²) in [5.74, 6) is 0.270. The van der Waals surface area contributed by atoms with Gasteiger partial charge in [0.2, 0.25) is 11.8 Å². The van der Waals surface area contributed by atoms with Gasteiger partial charge in [-0.05, 0) is 30.3 Å². The summed E-state index contributed by atoms with van der Waals surface area (Å²) < 4.78 is 10.9. The van der Waals surface area contributed by atoms with Gasteiger partial charge in [-0.1, -0.05) is 12.1 Å². The number of fused-ring (bicyclic) bond motifs is 1. The van der Waals surface area contributed by atoms with Crippen molar-refractivity contribution in [2.75, 3.05) is 26.6 Å². The van der Waals surface area contributed by atoms with E-state index in [9.17, 15) is 9.59 Å². The molecule has 2 N–H and O–H groups in total. The van der Waals surface area contributed by atoms with Gasteiger partial charge in [0.1, 0.15) is 0 Å². The second-order valence-corrected chi connectivity index (χ2v) is 7.11. The SMILES string of the molecule is COc1cccc(C2C(C(=O)Nc3ccc4[nH]ccc4c3)CC(=O)N2C)c1OC. The van der Waals surface area contributed by atoms with Gasteiger partial charge in [-0.2, -0.15) is 0 Å². The standard InChI is InChI=1S/C22H23N3O4/c1-25-19(26)12-16(20(25)15-5-4-6-18(28-2)21(15)29-3)22(27)24-14-7-8-17-13(11-14)9-10-23-17/h4-11,16,20,23H,12H2,1-3H3,(H,24,27). The van der Waals surface area contributed by atoms with E-state index >= 15 is 0 Å². The van der Waals surface area contributed by atoms with E-state index < -0.39 is 12.0 Å². The molecule has 29 heavy (non-hydrogen) atoms. The maximum absolute atomic E-state index is 13.1. The molecular weight excluding hydrogens is 370 g/mol. The lowest BCUT2D eigenvalue weighted by atomic mass is 9.92. The van der Waals surface area contributed by atoms with E-state index in [1.54, 1.807) is 32.2 Å². The van der Waals surface area contributed by atoms with Crippen molar-refractivity contribution in [3.63, 3.8) is 0 Å². The predicted octanol–water partition coefficient (Wildman–Crippen LogP) is 3.34. The lowest BCUT2D eigenvalue weighted by Crippen LogP contribution is -2.30. The zero-order valence-corrected chi connectivity index (χ0v) is 16.6. The largest absolute Gasteiger partial charge is 0.493 e. The summed E-state index contributed by atoms with van der Waals surface area (Å²) in [5, 5.41) is 3.98. The number of benzene rings is 2. The summed E-state index contributed by atoms with van der Waals surface area (Å²) >= 11 is 0. The number of aromatic amines is 1. The molecule has 1 fully saturated rings. The molecule has 2 aromatic carbocycles. The number of aromatic nitrogens is 1. The monoisotopic (exact) mass is 393 g/mol. The van der Waals surface area contributed by atoms with E-state index in [2.05, 4.69) is 10.3 Å². The highest BCUT2D eigenvalue weighted by molar-refractivity contribution is 5.99. The van der Waals surface area contributed by atoms with Gasteiger partial charge >= 0.3 is 0 Å². The molecule has 1 aromatic heterocycles. The van der Waals surface area contributed by atoms with Crippen molar-refractivity contribution < 1.29 is 19.1 Å². The van der Waals surface area contributed by atoms with Crippen molar-refractivity contribution in [2.45, 2.75) is 12.5 Å². The van der Waals surface area contributed by atoms with E-state index in [-0.39, 0.29) is 18.2 Å². The molecule has 7 heteroatoms. The van der Waals surface area contributed by atoms with Crippen LogP contribution in [0.4, 0.5) is 5.69 Å². The number of anilines is 1. The van der Waals surface area contributed by atoms with Crippen molar-refractivity contribution in [1.82, 2.24) is 9.88 Å². The van der Waals surface area contributed by atoms with Crippen LogP contribution in [0.15, 0.2) is 48.7 Å². The third-order valence-corrected chi connectivity index (χ3v) is 5.50. The lowest BCUT2D eigenvalue weighted by molar-refractivity contribution is -0.128.